The van der Waals surface area contributed by atoms with Crippen molar-refractivity contribution in [2.24, 2.45) is 5.92 Å². The van der Waals surface area contributed by atoms with Gasteiger partial charge in [0.05, 0.1) is 12.0 Å². The van der Waals surface area contributed by atoms with Crippen LogP contribution in [0.15, 0.2) is 12.2 Å². The van der Waals surface area contributed by atoms with Gasteiger partial charge in [-0.3, -0.25) is 4.79 Å². The largest absolute Gasteiger partial charge is 0.481 e. The first kappa shape index (κ1) is 10.2. The summed E-state index contributed by atoms with van der Waals surface area (Å²) < 4.78 is 4.95. The van der Waals surface area contributed by atoms with Gasteiger partial charge in [0.2, 0.25) is 0 Å². The van der Waals surface area contributed by atoms with E-state index in [-0.39, 0.29) is 6.10 Å². The van der Waals surface area contributed by atoms with Gasteiger partial charge in [0.1, 0.15) is 0 Å². The number of rotatable bonds is 4. The highest BCUT2D eigenvalue weighted by molar-refractivity contribution is 5.70. The molecule has 1 N–H and O–H groups in total. The molecule has 11 heavy (non-hydrogen) atoms. The zero-order chi connectivity index (χ0) is 8.85. The average Bonchev–Trinajstić information content (AvgIpc) is 1.98. The molecule has 0 heterocycles. The van der Waals surface area contributed by atoms with Crippen LogP contribution in [-0.2, 0) is 9.53 Å². The van der Waals surface area contributed by atoms with Crippen molar-refractivity contribution < 1.29 is 14.6 Å². The molecule has 3 nitrogen and oxygen atoms in total. The van der Waals surface area contributed by atoms with Gasteiger partial charge in [0.15, 0.2) is 0 Å². The van der Waals surface area contributed by atoms with Crippen molar-refractivity contribution in [1.82, 2.24) is 0 Å². The van der Waals surface area contributed by atoms with Crippen molar-refractivity contribution in [3.05, 3.63) is 12.2 Å². The van der Waals surface area contributed by atoms with Gasteiger partial charge in [0.25, 0.3) is 0 Å². The molecule has 0 rings (SSSR count). The number of carboxylic acid groups (broad SMARTS) is 1. The summed E-state index contributed by atoms with van der Waals surface area (Å²) >= 11 is 0. The number of methoxy groups -OCH3 is 1. The Bertz CT molecular complexity index is 151. The highest BCUT2D eigenvalue weighted by atomic mass is 16.5. The van der Waals surface area contributed by atoms with Crippen molar-refractivity contribution in [2.75, 3.05) is 7.11 Å². The average molecular weight is 158 g/mol. The van der Waals surface area contributed by atoms with Crippen LogP contribution in [0.4, 0.5) is 0 Å². The van der Waals surface area contributed by atoms with Crippen LogP contribution in [0.5, 0.6) is 0 Å². The fourth-order valence-corrected chi connectivity index (χ4v) is 0.780. The van der Waals surface area contributed by atoms with Crippen molar-refractivity contribution in [3.8, 4) is 0 Å². The Kier molecular flexibility index (Phi) is 4.54. The first-order valence-corrected chi connectivity index (χ1v) is 3.52. The van der Waals surface area contributed by atoms with Crippen LogP contribution in [0.25, 0.3) is 0 Å². The first-order chi connectivity index (χ1) is 5.13. The predicted octanol–water partition coefficient (Wildman–Crippen LogP) is 1.30. The molecule has 1 unspecified atom stereocenters. The quantitative estimate of drug-likeness (QED) is 0.627. The first-order valence-electron chi connectivity index (χ1n) is 3.52. The number of ether oxygens (including phenoxy) is 1. The maximum Gasteiger partial charge on any atom is 0.309 e. The normalized spacial score (nSPS) is 16.6. The van der Waals surface area contributed by atoms with Gasteiger partial charge in [-0.15, -0.1) is 0 Å². The fourth-order valence-electron chi connectivity index (χ4n) is 0.780. The second-order valence-electron chi connectivity index (χ2n) is 2.35. The van der Waals surface area contributed by atoms with Gasteiger partial charge in [-0.25, -0.2) is 0 Å². The molecule has 0 amide bonds. The molecule has 0 aromatic carbocycles. The minimum Gasteiger partial charge on any atom is -0.481 e. The molecular formula is C8H14O3. The number of hydrogen-bond acceptors (Lipinski definition) is 2. The van der Waals surface area contributed by atoms with Crippen LogP contribution >= 0.6 is 0 Å². The Labute approximate surface area is 66.7 Å². The maximum atomic E-state index is 10.5. The van der Waals surface area contributed by atoms with E-state index >= 15 is 0 Å². The minimum atomic E-state index is -0.838. The molecule has 0 aliphatic carbocycles. The van der Waals surface area contributed by atoms with E-state index < -0.39 is 11.9 Å². The lowest BCUT2D eigenvalue weighted by molar-refractivity contribution is -0.144. The highest BCUT2D eigenvalue weighted by Crippen LogP contribution is 2.07. The van der Waals surface area contributed by atoms with E-state index in [2.05, 4.69) is 0 Å². The molecule has 0 radical (unpaired) electrons. The third-order valence-corrected chi connectivity index (χ3v) is 1.54. The van der Waals surface area contributed by atoms with E-state index in [1.54, 1.807) is 19.1 Å². The zero-order valence-electron chi connectivity index (χ0n) is 7.07. The lowest BCUT2D eigenvalue weighted by atomic mass is 10.1. The Morgan fingerprint density at radius 1 is 1.64 bits per heavy atom. The van der Waals surface area contributed by atoms with Crippen molar-refractivity contribution in [3.63, 3.8) is 0 Å². The summed E-state index contributed by atoms with van der Waals surface area (Å²) in [4.78, 5) is 10.5. The Balaban J connectivity index is 4.13. The molecule has 0 saturated heterocycles. The summed E-state index contributed by atoms with van der Waals surface area (Å²) in [7, 11) is 1.50. The Morgan fingerprint density at radius 2 is 2.18 bits per heavy atom. The van der Waals surface area contributed by atoms with E-state index in [1.165, 1.54) is 7.11 Å². The van der Waals surface area contributed by atoms with E-state index in [0.717, 1.165) is 0 Å². The van der Waals surface area contributed by atoms with E-state index in [1.807, 2.05) is 6.92 Å². The van der Waals surface area contributed by atoms with Crippen LogP contribution in [0.3, 0.4) is 0 Å². The molecular weight excluding hydrogens is 144 g/mol. The van der Waals surface area contributed by atoms with Gasteiger partial charge >= 0.3 is 5.97 Å². The smallest absolute Gasteiger partial charge is 0.309 e. The van der Waals surface area contributed by atoms with Gasteiger partial charge in [-0.2, -0.15) is 0 Å². The van der Waals surface area contributed by atoms with Crippen LogP contribution < -0.4 is 0 Å². The predicted molar refractivity (Wildman–Crippen MR) is 42.4 cm³/mol. The monoisotopic (exact) mass is 158 g/mol. The minimum absolute atomic E-state index is 0.322. The molecule has 0 aromatic rings. The fraction of sp³-hybridized carbons (Fsp3) is 0.625. The number of aliphatic carboxylic acids is 1. The standard InChI is InChI=1S/C8H14O3/c1-4-5-7(11-3)6(2)8(9)10/h4-7H,1-3H3,(H,9,10)/t6-,7?/m1/s1. The van der Waals surface area contributed by atoms with Crippen molar-refractivity contribution in [2.45, 2.75) is 20.0 Å². The molecule has 0 bridgehead atoms. The second kappa shape index (κ2) is 4.91. The summed E-state index contributed by atoms with van der Waals surface area (Å²) in [6, 6.07) is 0. The molecule has 0 aromatic heterocycles. The lowest BCUT2D eigenvalue weighted by Gasteiger charge is -2.14. The second-order valence-corrected chi connectivity index (χ2v) is 2.35. The van der Waals surface area contributed by atoms with E-state index in [4.69, 9.17) is 9.84 Å². The van der Waals surface area contributed by atoms with Crippen molar-refractivity contribution in [1.29, 1.82) is 0 Å². The summed E-state index contributed by atoms with van der Waals surface area (Å²) in [5, 5.41) is 8.60. The highest BCUT2D eigenvalue weighted by Gasteiger charge is 2.19. The molecule has 3 heteroatoms. The number of carbonyl (C=O) groups is 1. The maximum absolute atomic E-state index is 10.5. The van der Waals surface area contributed by atoms with Crippen LogP contribution in [-0.4, -0.2) is 24.3 Å². The number of carboxylic acids is 1. The Morgan fingerprint density at radius 3 is 2.45 bits per heavy atom. The third kappa shape index (κ3) is 3.18. The third-order valence-electron chi connectivity index (χ3n) is 1.54. The van der Waals surface area contributed by atoms with Gasteiger partial charge in [-0.05, 0) is 13.8 Å². The topological polar surface area (TPSA) is 46.5 Å². The van der Waals surface area contributed by atoms with Gasteiger partial charge < -0.3 is 9.84 Å². The SMILES string of the molecule is CC=CC(OC)[C@@H](C)C(=O)O. The van der Waals surface area contributed by atoms with Crippen LogP contribution in [0, 0.1) is 5.92 Å². The number of allylic oxidation sites excluding steroid dienone is 1. The van der Waals surface area contributed by atoms with Crippen molar-refractivity contribution >= 4 is 5.97 Å². The summed E-state index contributed by atoms with van der Waals surface area (Å²) in [6.07, 6.45) is 3.20. The van der Waals surface area contributed by atoms with E-state index in [9.17, 15) is 4.79 Å². The Hall–Kier alpha value is -0.830. The summed E-state index contributed by atoms with van der Waals surface area (Å²) in [5.74, 6) is -1.33. The van der Waals surface area contributed by atoms with E-state index in [0.29, 0.717) is 0 Å². The van der Waals surface area contributed by atoms with Gasteiger partial charge in [-0.1, -0.05) is 12.2 Å². The molecule has 0 spiro atoms. The lowest BCUT2D eigenvalue weighted by Crippen LogP contribution is -2.25. The van der Waals surface area contributed by atoms with Gasteiger partial charge in [0, 0.05) is 7.11 Å². The number of hydrogen-bond donors (Lipinski definition) is 1. The molecule has 0 saturated carbocycles. The molecule has 0 aliphatic heterocycles. The van der Waals surface area contributed by atoms with Crippen LogP contribution in [0.2, 0.25) is 0 Å². The van der Waals surface area contributed by atoms with Crippen LogP contribution in [0.1, 0.15) is 13.8 Å². The molecule has 0 aliphatic rings. The zero-order valence-corrected chi connectivity index (χ0v) is 7.07. The molecule has 2 atom stereocenters. The summed E-state index contributed by atoms with van der Waals surface area (Å²) in [5.41, 5.74) is 0. The summed E-state index contributed by atoms with van der Waals surface area (Å²) in [6.45, 7) is 3.46. The molecule has 0 fully saturated rings. The molecule has 64 valence electrons.